The molecule has 0 unspecified atom stereocenters. The van der Waals surface area contributed by atoms with Gasteiger partial charge in [-0.25, -0.2) is 0 Å². The molecule has 3 rings (SSSR count). The molecule has 1 aliphatic heterocycles. The van der Waals surface area contributed by atoms with Crippen LogP contribution in [0.5, 0.6) is 0 Å². The lowest BCUT2D eigenvalue weighted by Gasteiger charge is -2.15. The van der Waals surface area contributed by atoms with E-state index in [1.807, 2.05) is 6.92 Å². The molecule has 19 heavy (non-hydrogen) atoms. The molecule has 1 fully saturated rings. The van der Waals surface area contributed by atoms with Crippen LogP contribution in [0, 0.1) is 13.8 Å². The van der Waals surface area contributed by atoms with Gasteiger partial charge in [-0.2, -0.15) is 5.10 Å². The second-order valence-corrected chi connectivity index (χ2v) is 6.09. The van der Waals surface area contributed by atoms with Gasteiger partial charge in [0.1, 0.15) is 0 Å². The molecule has 0 radical (unpaired) electrons. The van der Waals surface area contributed by atoms with Crippen molar-refractivity contribution in [3.8, 4) is 0 Å². The topological polar surface area (TPSA) is 41.7 Å². The lowest BCUT2D eigenvalue weighted by Crippen LogP contribution is -2.25. The Balaban J connectivity index is 1.87. The van der Waals surface area contributed by atoms with Crippen molar-refractivity contribution in [2.75, 3.05) is 12.3 Å². The van der Waals surface area contributed by atoms with Crippen molar-refractivity contribution in [3.63, 3.8) is 0 Å². The number of hydrogen-bond acceptors (Lipinski definition) is 3. The van der Waals surface area contributed by atoms with Crippen LogP contribution in [0.15, 0.2) is 16.2 Å². The Morgan fingerprint density at radius 3 is 2.84 bits per heavy atom. The highest BCUT2D eigenvalue weighted by Crippen LogP contribution is 2.38. The molecule has 1 saturated carbocycles. The number of hydrogen-bond donors (Lipinski definition) is 1. The van der Waals surface area contributed by atoms with Crippen LogP contribution in [-0.4, -0.2) is 27.7 Å². The lowest BCUT2D eigenvalue weighted by atomic mass is 10.1. The van der Waals surface area contributed by atoms with E-state index >= 15 is 0 Å². The van der Waals surface area contributed by atoms with Crippen LogP contribution in [0.25, 0.3) is 0 Å². The SMILES string of the molecule is CCN=C1NN=C(c2cc(C)n(C3CC3)c2C)CS1. The first kappa shape index (κ1) is 12.8. The molecule has 0 amide bonds. The molecular weight excluding hydrogens is 256 g/mol. The van der Waals surface area contributed by atoms with Gasteiger partial charge in [-0.3, -0.25) is 10.4 Å². The van der Waals surface area contributed by atoms with Crippen molar-refractivity contribution in [1.29, 1.82) is 0 Å². The van der Waals surface area contributed by atoms with E-state index in [9.17, 15) is 0 Å². The molecule has 0 atom stereocenters. The highest BCUT2D eigenvalue weighted by atomic mass is 32.2. The Morgan fingerprint density at radius 2 is 2.26 bits per heavy atom. The number of aromatic nitrogens is 1. The van der Waals surface area contributed by atoms with Crippen molar-refractivity contribution in [3.05, 3.63) is 23.0 Å². The van der Waals surface area contributed by atoms with Crippen molar-refractivity contribution >= 4 is 22.6 Å². The third kappa shape index (κ3) is 2.43. The molecular formula is C14H20N4S. The number of hydrazone groups is 1. The fourth-order valence-corrected chi connectivity index (χ4v) is 3.47. The third-order valence-corrected chi connectivity index (χ3v) is 4.55. The minimum absolute atomic E-state index is 0.732. The quantitative estimate of drug-likeness (QED) is 0.922. The molecule has 1 aromatic rings. The molecule has 2 aliphatic rings. The second kappa shape index (κ2) is 5.04. The van der Waals surface area contributed by atoms with E-state index in [0.717, 1.165) is 29.2 Å². The summed E-state index contributed by atoms with van der Waals surface area (Å²) in [6, 6.07) is 3.01. The highest BCUT2D eigenvalue weighted by Gasteiger charge is 2.28. The number of aliphatic imine (C=N–C) groups is 1. The van der Waals surface area contributed by atoms with E-state index < -0.39 is 0 Å². The molecule has 0 saturated heterocycles. The number of thioether (sulfide) groups is 1. The first-order chi connectivity index (χ1) is 9.20. The zero-order chi connectivity index (χ0) is 13.4. The van der Waals surface area contributed by atoms with E-state index in [4.69, 9.17) is 0 Å². The minimum Gasteiger partial charge on any atom is -0.345 e. The summed E-state index contributed by atoms with van der Waals surface area (Å²) in [7, 11) is 0. The summed E-state index contributed by atoms with van der Waals surface area (Å²) in [5.41, 5.74) is 8.21. The summed E-state index contributed by atoms with van der Waals surface area (Å²) in [6.07, 6.45) is 2.64. The van der Waals surface area contributed by atoms with Gasteiger partial charge in [0.25, 0.3) is 0 Å². The summed E-state index contributed by atoms with van der Waals surface area (Å²) in [5.74, 6) is 0.904. The second-order valence-electron chi connectivity index (χ2n) is 5.12. The monoisotopic (exact) mass is 276 g/mol. The Morgan fingerprint density at radius 1 is 1.47 bits per heavy atom. The summed E-state index contributed by atoms with van der Waals surface area (Å²) >= 11 is 1.74. The van der Waals surface area contributed by atoms with Crippen molar-refractivity contribution < 1.29 is 0 Å². The molecule has 102 valence electrons. The van der Waals surface area contributed by atoms with E-state index in [2.05, 4.69) is 40.0 Å². The van der Waals surface area contributed by atoms with Gasteiger partial charge in [0, 0.05) is 35.3 Å². The summed E-state index contributed by atoms with van der Waals surface area (Å²) in [4.78, 5) is 4.35. The van der Waals surface area contributed by atoms with Gasteiger partial charge in [-0.05, 0) is 39.7 Å². The number of rotatable bonds is 3. The Hall–Kier alpha value is -1.23. The maximum atomic E-state index is 4.50. The molecule has 5 heteroatoms. The highest BCUT2D eigenvalue weighted by molar-refractivity contribution is 8.14. The first-order valence-corrected chi connectivity index (χ1v) is 7.88. The van der Waals surface area contributed by atoms with Crippen LogP contribution in [0.1, 0.15) is 42.8 Å². The van der Waals surface area contributed by atoms with Gasteiger partial charge in [0.15, 0.2) is 5.17 Å². The van der Waals surface area contributed by atoms with Gasteiger partial charge in [0.2, 0.25) is 0 Å². The minimum atomic E-state index is 0.732. The number of nitrogens with zero attached hydrogens (tertiary/aromatic N) is 3. The van der Waals surface area contributed by atoms with Crippen molar-refractivity contribution in [1.82, 2.24) is 9.99 Å². The van der Waals surface area contributed by atoms with E-state index in [1.165, 1.54) is 29.8 Å². The largest absolute Gasteiger partial charge is 0.345 e. The Labute approximate surface area is 118 Å². The predicted molar refractivity (Wildman–Crippen MR) is 82.3 cm³/mol. The fraction of sp³-hybridized carbons (Fsp3) is 0.571. The average molecular weight is 276 g/mol. The average Bonchev–Trinajstić information content (AvgIpc) is 3.18. The third-order valence-electron chi connectivity index (χ3n) is 3.64. The smallest absolute Gasteiger partial charge is 0.177 e. The van der Waals surface area contributed by atoms with Crippen molar-refractivity contribution in [2.24, 2.45) is 10.1 Å². The van der Waals surface area contributed by atoms with Gasteiger partial charge >= 0.3 is 0 Å². The molecule has 1 N–H and O–H groups in total. The first-order valence-electron chi connectivity index (χ1n) is 6.89. The molecule has 1 aromatic heterocycles. The summed E-state index contributed by atoms with van der Waals surface area (Å²) < 4.78 is 2.47. The van der Waals surface area contributed by atoms with Crippen LogP contribution >= 0.6 is 11.8 Å². The van der Waals surface area contributed by atoms with E-state index in [1.54, 1.807) is 11.8 Å². The van der Waals surface area contributed by atoms with Gasteiger partial charge in [-0.15, -0.1) is 0 Å². The predicted octanol–water partition coefficient (Wildman–Crippen LogP) is 2.86. The summed E-state index contributed by atoms with van der Waals surface area (Å²) in [6.45, 7) is 7.25. The molecule has 0 bridgehead atoms. The zero-order valence-electron chi connectivity index (χ0n) is 11.7. The van der Waals surface area contributed by atoms with Crippen molar-refractivity contribution in [2.45, 2.75) is 39.7 Å². The van der Waals surface area contributed by atoms with Gasteiger partial charge in [0.05, 0.1) is 5.71 Å². The Kier molecular flexibility index (Phi) is 3.39. The van der Waals surface area contributed by atoms with Gasteiger partial charge < -0.3 is 4.57 Å². The lowest BCUT2D eigenvalue weighted by molar-refractivity contribution is 0.699. The summed E-state index contributed by atoms with van der Waals surface area (Å²) in [5, 5.41) is 5.43. The molecule has 1 aliphatic carbocycles. The number of amidine groups is 1. The molecule has 4 nitrogen and oxygen atoms in total. The van der Waals surface area contributed by atoms with Gasteiger partial charge in [-0.1, -0.05) is 11.8 Å². The number of nitrogens with one attached hydrogen (secondary N) is 1. The standard InChI is InChI=1S/C14H20N4S/c1-4-15-14-17-16-13(8-19-14)12-7-9(2)18(10(12)3)11-5-6-11/h7,11H,4-6,8H2,1-3H3,(H,15,17). The van der Waals surface area contributed by atoms with Crippen LogP contribution in [0.3, 0.4) is 0 Å². The van der Waals surface area contributed by atoms with Crippen LogP contribution in [0.2, 0.25) is 0 Å². The van der Waals surface area contributed by atoms with Crippen LogP contribution in [-0.2, 0) is 0 Å². The maximum absolute atomic E-state index is 4.50. The van der Waals surface area contributed by atoms with E-state index in [0.29, 0.717) is 0 Å². The molecule has 0 aromatic carbocycles. The Bertz CT molecular complexity index is 552. The fourth-order valence-electron chi connectivity index (χ4n) is 2.64. The van der Waals surface area contributed by atoms with E-state index in [-0.39, 0.29) is 0 Å². The van der Waals surface area contributed by atoms with Crippen LogP contribution < -0.4 is 5.43 Å². The maximum Gasteiger partial charge on any atom is 0.177 e. The van der Waals surface area contributed by atoms with Crippen LogP contribution in [0.4, 0.5) is 0 Å². The zero-order valence-corrected chi connectivity index (χ0v) is 12.5. The molecule has 0 spiro atoms. The number of aryl methyl sites for hydroxylation is 1. The molecule has 2 heterocycles. The normalized spacial score (nSPS) is 21.4.